The molecule has 0 radical (unpaired) electrons. The largest absolute Gasteiger partial charge is 0.328 e. The zero-order chi connectivity index (χ0) is 25.8. The molecule has 1 N–H and O–H groups in total. The molecule has 5 aromatic rings. The number of unbranched alkanes of at least 4 members (excludes halogenated alkanes) is 3. The first kappa shape index (κ1) is 24.8. The first-order valence-electron chi connectivity index (χ1n) is 13.3. The Bertz CT molecular complexity index is 1450. The zero-order valence-electron chi connectivity index (χ0n) is 22.2. The van der Waals surface area contributed by atoms with Crippen LogP contribution in [-0.4, -0.2) is 35.2 Å². The minimum absolute atomic E-state index is 0.389. The summed E-state index contributed by atoms with van der Waals surface area (Å²) >= 11 is 0. The van der Waals surface area contributed by atoms with Gasteiger partial charge < -0.3 is 4.57 Å². The van der Waals surface area contributed by atoms with Gasteiger partial charge in [0, 0.05) is 29.8 Å². The van der Waals surface area contributed by atoms with Gasteiger partial charge in [0.25, 0.3) is 0 Å². The number of hydrogen-bond acceptors (Lipinski definition) is 5. The van der Waals surface area contributed by atoms with Crippen molar-refractivity contribution in [3.05, 3.63) is 77.2 Å². The summed E-state index contributed by atoms with van der Waals surface area (Å²) in [5.74, 6) is 1.25. The lowest BCUT2D eigenvalue weighted by atomic mass is 10.0. The Morgan fingerprint density at radius 3 is 2.00 bits per heavy atom. The maximum absolute atomic E-state index is 5.30. The van der Waals surface area contributed by atoms with E-state index in [0.29, 0.717) is 5.92 Å². The number of aromatic amines is 1. The van der Waals surface area contributed by atoms with E-state index in [2.05, 4.69) is 107 Å². The van der Waals surface area contributed by atoms with Gasteiger partial charge >= 0.3 is 0 Å². The van der Waals surface area contributed by atoms with E-state index in [1.165, 1.54) is 16.8 Å². The molecule has 0 aliphatic rings. The molecule has 0 bridgehead atoms. The molecule has 7 nitrogen and oxygen atoms in total. The van der Waals surface area contributed by atoms with Crippen molar-refractivity contribution < 1.29 is 0 Å². The lowest BCUT2D eigenvalue weighted by Crippen LogP contribution is -2.06. The Balaban J connectivity index is 1.47. The summed E-state index contributed by atoms with van der Waals surface area (Å²) in [6.45, 7) is 9.66. The number of aromatic nitrogens is 7. The molecule has 3 aromatic heterocycles. The molecule has 0 aliphatic heterocycles. The molecule has 37 heavy (non-hydrogen) atoms. The highest BCUT2D eigenvalue weighted by Gasteiger charge is 2.19. The van der Waals surface area contributed by atoms with Crippen molar-refractivity contribution in [2.24, 2.45) is 0 Å². The fourth-order valence-corrected chi connectivity index (χ4v) is 4.81. The fourth-order valence-electron chi connectivity index (χ4n) is 4.81. The van der Waals surface area contributed by atoms with E-state index in [4.69, 9.17) is 9.97 Å². The molecule has 0 amide bonds. The number of fused-ring (bicyclic) bond motifs is 1. The third kappa shape index (κ3) is 5.61. The molecular formula is C30H35N7. The normalized spacial score (nSPS) is 11.6. The number of nitrogens with one attached hydrogen (secondary N) is 1. The summed E-state index contributed by atoms with van der Waals surface area (Å²) in [7, 11) is 0. The highest BCUT2D eigenvalue weighted by molar-refractivity contribution is 5.85. The van der Waals surface area contributed by atoms with Crippen molar-refractivity contribution in [1.82, 2.24) is 35.2 Å². The van der Waals surface area contributed by atoms with Crippen LogP contribution in [-0.2, 0) is 13.0 Å². The summed E-state index contributed by atoms with van der Waals surface area (Å²) in [6, 6.07) is 19.4. The number of nitrogens with zero attached hydrogens (tertiary/aromatic N) is 6. The van der Waals surface area contributed by atoms with E-state index in [-0.39, 0.29) is 0 Å². The maximum Gasteiger partial charge on any atom is 0.159 e. The van der Waals surface area contributed by atoms with Crippen LogP contribution in [0.5, 0.6) is 0 Å². The van der Waals surface area contributed by atoms with Crippen LogP contribution >= 0.6 is 0 Å². The van der Waals surface area contributed by atoms with E-state index in [9.17, 15) is 0 Å². The molecule has 2 aromatic carbocycles. The number of benzene rings is 2. The second-order valence-electron chi connectivity index (χ2n) is 10.2. The summed E-state index contributed by atoms with van der Waals surface area (Å²) < 4.78 is 2.39. The smallest absolute Gasteiger partial charge is 0.159 e. The zero-order valence-corrected chi connectivity index (χ0v) is 22.2. The first-order valence-corrected chi connectivity index (χ1v) is 13.3. The van der Waals surface area contributed by atoms with Crippen molar-refractivity contribution in [3.8, 4) is 22.5 Å². The van der Waals surface area contributed by atoms with Crippen molar-refractivity contribution in [2.75, 3.05) is 0 Å². The predicted octanol–water partition coefficient (Wildman–Crippen LogP) is 6.82. The number of tetrazole rings is 1. The second kappa shape index (κ2) is 11.0. The summed E-state index contributed by atoms with van der Waals surface area (Å²) in [5, 5.41) is 14.1. The summed E-state index contributed by atoms with van der Waals surface area (Å²) in [5.41, 5.74) is 9.76. The van der Waals surface area contributed by atoms with E-state index in [1.807, 2.05) is 0 Å². The second-order valence-corrected chi connectivity index (χ2v) is 10.2. The Labute approximate surface area is 218 Å². The molecule has 3 heterocycles. The van der Waals surface area contributed by atoms with E-state index in [1.54, 1.807) is 0 Å². The Kier molecular flexibility index (Phi) is 7.40. The molecule has 0 aliphatic carbocycles. The van der Waals surface area contributed by atoms with Crippen LogP contribution in [0.4, 0.5) is 0 Å². The molecule has 0 atom stereocenters. The van der Waals surface area contributed by atoms with Crippen molar-refractivity contribution in [3.63, 3.8) is 0 Å². The van der Waals surface area contributed by atoms with Crippen LogP contribution < -0.4 is 0 Å². The minimum atomic E-state index is 0.389. The maximum atomic E-state index is 5.30. The van der Waals surface area contributed by atoms with Gasteiger partial charge in [-0.15, -0.1) is 5.10 Å². The van der Waals surface area contributed by atoms with Gasteiger partial charge in [-0.2, -0.15) is 0 Å². The van der Waals surface area contributed by atoms with Crippen LogP contribution in [0.15, 0.2) is 54.6 Å². The SMILES string of the molecule is Cc1ccc(-c2nc3cc(C(C)C)n(CCCCCCc4nnn[nH]4)c3nc2-c2ccc(C)cc2)cc1. The molecule has 0 fully saturated rings. The summed E-state index contributed by atoms with van der Waals surface area (Å²) in [4.78, 5) is 10.5. The average Bonchev–Trinajstić information content (AvgIpc) is 3.54. The Hall–Kier alpha value is -3.87. The molecule has 0 unspecified atom stereocenters. The average molecular weight is 494 g/mol. The minimum Gasteiger partial charge on any atom is -0.328 e. The van der Waals surface area contributed by atoms with Gasteiger partial charge in [0.15, 0.2) is 5.65 Å². The van der Waals surface area contributed by atoms with Gasteiger partial charge in [-0.3, -0.25) is 0 Å². The number of aryl methyl sites for hydroxylation is 4. The molecule has 5 rings (SSSR count). The van der Waals surface area contributed by atoms with Crippen LogP contribution in [0.2, 0.25) is 0 Å². The number of H-pyrrole nitrogens is 1. The molecule has 190 valence electrons. The van der Waals surface area contributed by atoms with Crippen LogP contribution in [0.25, 0.3) is 33.7 Å². The predicted molar refractivity (Wildman–Crippen MR) is 148 cm³/mol. The summed E-state index contributed by atoms with van der Waals surface area (Å²) in [6.07, 6.45) is 5.37. The molecule has 7 heteroatoms. The quantitative estimate of drug-likeness (QED) is 0.216. The van der Waals surface area contributed by atoms with Gasteiger partial charge in [-0.1, -0.05) is 86.3 Å². The van der Waals surface area contributed by atoms with Crippen molar-refractivity contribution in [1.29, 1.82) is 0 Å². The van der Waals surface area contributed by atoms with Crippen LogP contribution in [0, 0.1) is 13.8 Å². The fraction of sp³-hybridized carbons (Fsp3) is 0.367. The molecule has 0 saturated carbocycles. The van der Waals surface area contributed by atoms with Crippen LogP contribution in [0.1, 0.15) is 68.1 Å². The van der Waals surface area contributed by atoms with E-state index >= 15 is 0 Å². The number of hydrogen-bond donors (Lipinski definition) is 1. The van der Waals surface area contributed by atoms with Gasteiger partial charge in [0.05, 0.1) is 11.4 Å². The van der Waals surface area contributed by atoms with Gasteiger partial charge in [-0.05, 0) is 49.1 Å². The highest BCUT2D eigenvalue weighted by atomic mass is 15.5. The Morgan fingerprint density at radius 1 is 0.784 bits per heavy atom. The van der Waals surface area contributed by atoms with Crippen molar-refractivity contribution >= 4 is 11.2 Å². The highest BCUT2D eigenvalue weighted by Crippen LogP contribution is 2.33. The molecule has 0 spiro atoms. The standard InChI is InChI=1S/C30H35N7/c1-20(2)26-19-25-30(37(26)18-8-6-5-7-9-27-33-35-36-34-27)32-29(24-16-12-22(4)13-17-24)28(31-25)23-14-10-21(3)11-15-23/h10-17,19-20H,5-9,18H2,1-4H3,(H,33,34,35,36). The van der Waals surface area contributed by atoms with E-state index in [0.717, 1.165) is 78.2 Å². The van der Waals surface area contributed by atoms with Gasteiger partial charge in [0.1, 0.15) is 11.3 Å². The van der Waals surface area contributed by atoms with Crippen molar-refractivity contribution in [2.45, 2.75) is 72.3 Å². The lowest BCUT2D eigenvalue weighted by Gasteiger charge is -2.14. The van der Waals surface area contributed by atoms with E-state index < -0.39 is 0 Å². The number of rotatable bonds is 10. The lowest BCUT2D eigenvalue weighted by molar-refractivity contribution is 0.557. The van der Waals surface area contributed by atoms with Crippen LogP contribution in [0.3, 0.4) is 0 Å². The van der Waals surface area contributed by atoms with Gasteiger partial charge in [0.2, 0.25) is 0 Å². The molecular weight excluding hydrogens is 458 g/mol. The third-order valence-electron chi connectivity index (χ3n) is 6.93. The monoisotopic (exact) mass is 493 g/mol. The van der Waals surface area contributed by atoms with Gasteiger partial charge in [-0.25, -0.2) is 15.1 Å². The molecule has 0 saturated heterocycles. The topological polar surface area (TPSA) is 85.2 Å². The first-order chi connectivity index (χ1) is 18.0. The third-order valence-corrected chi connectivity index (χ3v) is 6.93. The Morgan fingerprint density at radius 2 is 1.41 bits per heavy atom.